The van der Waals surface area contributed by atoms with Gasteiger partial charge in [0, 0.05) is 49.0 Å². The number of aromatic nitrogens is 1. The number of furan rings is 1. The average molecular weight is 709 g/mol. The molecule has 0 amide bonds. The largest absolute Gasteiger partial charge is 0.454 e. The van der Waals surface area contributed by atoms with E-state index in [0.29, 0.717) is 0 Å². The van der Waals surface area contributed by atoms with Gasteiger partial charge in [-0.05, 0) is 107 Å². The fraction of sp³-hybridized carbons (Fsp3) is 0. The molecule has 54 heavy (non-hydrogen) atoms. The van der Waals surface area contributed by atoms with Gasteiger partial charge in [-0.3, -0.25) is 0 Å². The van der Waals surface area contributed by atoms with Crippen LogP contribution < -0.4 is 4.90 Å². The molecule has 254 valence electrons. The second kappa shape index (κ2) is 12.4. The lowest BCUT2D eigenvalue weighted by molar-refractivity contribution is 0.673. The summed E-state index contributed by atoms with van der Waals surface area (Å²) in [7, 11) is 0. The second-order valence-electron chi connectivity index (χ2n) is 13.8. The molecule has 8 aromatic carbocycles. The Morgan fingerprint density at radius 1 is 0.407 bits per heavy atom. The number of hydrogen-bond acceptors (Lipinski definition) is 3. The zero-order valence-electron chi connectivity index (χ0n) is 29.2. The van der Waals surface area contributed by atoms with Crippen molar-refractivity contribution in [2.75, 3.05) is 4.90 Å². The zero-order chi connectivity index (χ0) is 35.6. The summed E-state index contributed by atoms with van der Waals surface area (Å²) in [5, 5.41) is 4.82. The first kappa shape index (κ1) is 30.7. The van der Waals surface area contributed by atoms with Crippen LogP contribution >= 0.6 is 11.3 Å². The standard InChI is InChI=1S/C50H32N2OS/c1-3-11-33(12-4-1)34-19-24-38(25-20-34)51(40-28-29-43-48(32-40)54-50-42-16-8-10-18-47(42)53-49(43)50)39-26-21-35(22-27-39)36-23-30-46-44(31-36)41-15-7-9-17-45(41)52(46)37-13-5-2-6-14-37/h1-32H. The minimum absolute atomic E-state index is 0.936. The fourth-order valence-corrected chi connectivity index (χ4v) is 9.22. The minimum atomic E-state index is 0.936. The minimum Gasteiger partial charge on any atom is -0.454 e. The summed E-state index contributed by atoms with van der Waals surface area (Å²) in [4.78, 5) is 2.36. The van der Waals surface area contributed by atoms with Gasteiger partial charge in [0.15, 0.2) is 5.58 Å². The number of thiophene rings is 1. The summed E-state index contributed by atoms with van der Waals surface area (Å²) < 4.78 is 11.1. The number of fused-ring (bicyclic) bond motifs is 8. The maximum Gasteiger partial charge on any atom is 0.154 e. The SMILES string of the molecule is c1ccc(-c2ccc(N(c3ccc(-c4ccc5c(c4)c4ccccc4n5-c4ccccc4)cc3)c3ccc4c(c3)sc3c5ccccc5oc43)cc2)cc1. The highest BCUT2D eigenvalue weighted by atomic mass is 32.1. The Labute approximate surface area is 316 Å². The Hall–Kier alpha value is -6.88. The third-order valence-electron chi connectivity index (χ3n) is 10.6. The summed E-state index contributed by atoms with van der Waals surface area (Å²) in [6, 6.07) is 69.7. The number of hydrogen-bond donors (Lipinski definition) is 0. The third-order valence-corrected chi connectivity index (χ3v) is 11.8. The maximum atomic E-state index is 6.36. The van der Waals surface area contributed by atoms with Crippen LogP contribution in [0.3, 0.4) is 0 Å². The number of anilines is 3. The van der Waals surface area contributed by atoms with Crippen LogP contribution in [0.15, 0.2) is 199 Å². The molecule has 0 aliphatic heterocycles. The van der Waals surface area contributed by atoms with Crippen LogP contribution in [0.5, 0.6) is 0 Å². The first-order valence-corrected chi connectivity index (χ1v) is 19.1. The summed E-state index contributed by atoms with van der Waals surface area (Å²) in [5.41, 5.74) is 13.6. The maximum absolute atomic E-state index is 6.36. The van der Waals surface area contributed by atoms with Crippen molar-refractivity contribution >= 4 is 81.5 Å². The second-order valence-corrected chi connectivity index (χ2v) is 14.8. The van der Waals surface area contributed by atoms with Gasteiger partial charge >= 0.3 is 0 Å². The van der Waals surface area contributed by atoms with E-state index in [1.807, 2.05) is 12.1 Å². The molecule has 3 aromatic heterocycles. The van der Waals surface area contributed by atoms with E-state index in [0.717, 1.165) is 33.6 Å². The average Bonchev–Trinajstić information content (AvgIpc) is 3.90. The van der Waals surface area contributed by atoms with Crippen LogP contribution in [0.25, 0.3) is 81.1 Å². The molecule has 0 N–H and O–H groups in total. The molecular weight excluding hydrogens is 677 g/mol. The van der Waals surface area contributed by atoms with Crippen molar-refractivity contribution in [3.05, 3.63) is 194 Å². The predicted octanol–water partition coefficient (Wildman–Crippen LogP) is 14.7. The Morgan fingerprint density at radius 2 is 0.981 bits per heavy atom. The van der Waals surface area contributed by atoms with E-state index in [-0.39, 0.29) is 0 Å². The van der Waals surface area contributed by atoms with E-state index in [1.54, 1.807) is 11.3 Å². The molecule has 0 saturated heterocycles. The smallest absolute Gasteiger partial charge is 0.154 e. The molecule has 3 heterocycles. The van der Waals surface area contributed by atoms with Crippen molar-refractivity contribution in [2.24, 2.45) is 0 Å². The third kappa shape index (κ3) is 4.96. The molecule has 11 aromatic rings. The van der Waals surface area contributed by atoms with Crippen LogP contribution in [0.4, 0.5) is 17.1 Å². The molecule has 0 fully saturated rings. The first-order chi connectivity index (χ1) is 26.8. The molecule has 0 bridgehead atoms. The Kier molecular flexibility index (Phi) is 7.04. The van der Waals surface area contributed by atoms with Gasteiger partial charge in [-0.25, -0.2) is 0 Å². The Bertz CT molecular complexity index is 3140. The van der Waals surface area contributed by atoms with Crippen molar-refractivity contribution in [2.45, 2.75) is 0 Å². The Morgan fingerprint density at radius 3 is 1.74 bits per heavy atom. The molecule has 0 saturated carbocycles. The van der Waals surface area contributed by atoms with Crippen LogP contribution in [0.2, 0.25) is 0 Å². The molecule has 0 spiro atoms. The van der Waals surface area contributed by atoms with Crippen molar-refractivity contribution in [3.63, 3.8) is 0 Å². The molecule has 0 atom stereocenters. The summed E-state index contributed by atoms with van der Waals surface area (Å²) >= 11 is 1.80. The highest BCUT2D eigenvalue weighted by Crippen LogP contribution is 2.44. The Balaban J connectivity index is 1.01. The van der Waals surface area contributed by atoms with Gasteiger partial charge in [0.1, 0.15) is 5.58 Å². The van der Waals surface area contributed by atoms with Crippen molar-refractivity contribution in [1.82, 2.24) is 4.57 Å². The van der Waals surface area contributed by atoms with Gasteiger partial charge in [0.25, 0.3) is 0 Å². The van der Waals surface area contributed by atoms with E-state index in [4.69, 9.17) is 4.42 Å². The number of para-hydroxylation sites is 3. The molecule has 0 radical (unpaired) electrons. The highest BCUT2D eigenvalue weighted by molar-refractivity contribution is 7.26. The van der Waals surface area contributed by atoms with Crippen LogP contribution in [0, 0.1) is 0 Å². The van der Waals surface area contributed by atoms with Crippen molar-refractivity contribution in [1.29, 1.82) is 0 Å². The van der Waals surface area contributed by atoms with E-state index in [1.165, 1.54) is 64.5 Å². The molecule has 11 rings (SSSR count). The van der Waals surface area contributed by atoms with Gasteiger partial charge in [-0.1, -0.05) is 109 Å². The predicted molar refractivity (Wildman–Crippen MR) is 229 cm³/mol. The molecular formula is C50H32N2OS. The molecule has 3 nitrogen and oxygen atoms in total. The van der Waals surface area contributed by atoms with Crippen LogP contribution in [0.1, 0.15) is 0 Å². The van der Waals surface area contributed by atoms with E-state index in [9.17, 15) is 0 Å². The normalized spacial score (nSPS) is 11.7. The van der Waals surface area contributed by atoms with Gasteiger partial charge in [0.05, 0.1) is 15.7 Å². The van der Waals surface area contributed by atoms with E-state index >= 15 is 0 Å². The zero-order valence-corrected chi connectivity index (χ0v) is 30.0. The van der Waals surface area contributed by atoms with Gasteiger partial charge in [-0.2, -0.15) is 0 Å². The van der Waals surface area contributed by atoms with Gasteiger partial charge in [0.2, 0.25) is 0 Å². The molecule has 0 aliphatic rings. The summed E-state index contributed by atoms with van der Waals surface area (Å²) in [6.45, 7) is 0. The number of nitrogens with zero attached hydrogens (tertiary/aromatic N) is 2. The molecule has 4 heteroatoms. The van der Waals surface area contributed by atoms with Crippen LogP contribution in [-0.4, -0.2) is 4.57 Å². The lowest BCUT2D eigenvalue weighted by Gasteiger charge is -2.26. The number of rotatable bonds is 6. The topological polar surface area (TPSA) is 21.3 Å². The number of benzene rings is 8. The van der Waals surface area contributed by atoms with E-state index in [2.05, 4.69) is 191 Å². The lowest BCUT2D eigenvalue weighted by Crippen LogP contribution is -2.09. The monoisotopic (exact) mass is 708 g/mol. The summed E-state index contributed by atoms with van der Waals surface area (Å²) in [5.74, 6) is 0. The quantitative estimate of drug-likeness (QED) is 0.171. The summed E-state index contributed by atoms with van der Waals surface area (Å²) in [6.07, 6.45) is 0. The molecule has 0 unspecified atom stereocenters. The lowest BCUT2D eigenvalue weighted by atomic mass is 10.0. The fourth-order valence-electron chi connectivity index (χ4n) is 8.02. The first-order valence-electron chi connectivity index (χ1n) is 18.3. The van der Waals surface area contributed by atoms with Crippen LogP contribution in [-0.2, 0) is 0 Å². The highest BCUT2D eigenvalue weighted by Gasteiger charge is 2.19. The van der Waals surface area contributed by atoms with Gasteiger partial charge in [-0.15, -0.1) is 11.3 Å². The van der Waals surface area contributed by atoms with Crippen molar-refractivity contribution < 1.29 is 4.42 Å². The van der Waals surface area contributed by atoms with E-state index < -0.39 is 0 Å². The molecule has 0 aliphatic carbocycles. The van der Waals surface area contributed by atoms with Gasteiger partial charge < -0.3 is 13.9 Å². The van der Waals surface area contributed by atoms with Crippen molar-refractivity contribution in [3.8, 4) is 27.9 Å².